The van der Waals surface area contributed by atoms with E-state index in [0.717, 1.165) is 32.1 Å². The number of hydrogen-bond acceptors (Lipinski definition) is 7. The van der Waals surface area contributed by atoms with E-state index < -0.39 is 0 Å². The molecule has 1 aliphatic carbocycles. The van der Waals surface area contributed by atoms with Gasteiger partial charge in [-0.2, -0.15) is 26.7 Å². The van der Waals surface area contributed by atoms with Gasteiger partial charge in [0.25, 0.3) is 0 Å². The summed E-state index contributed by atoms with van der Waals surface area (Å²) in [6.07, 6.45) is 4.72. The smallest absolute Gasteiger partial charge is 0.231 e. The van der Waals surface area contributed by atoms with Crippen LogP contribution in [0.3, 0.4) is 0 Å². The van der Waals surface area contributed by atoms with Crippen LogP contribution in [0.25, 0.3) is 0 Å². The second-order valence-electron chi connectivity index (χ2n) is 5.23. The number of hydrogen-bond donors (Lipinski definition) is 2. The molecule has 0 unspecified atom stereocenters. The maximum absolute atomic E-state index is 4.57. The van der Waals surface area contributed by atoms with Crippen molar-refractivity contribution in [2.75, 3.05) is 48.0 Å². The normalized spacial score (nSPS) is 15.6. The Morgan fingerprint density at radius 3 is 2.14 bits per heavy atom. The number of aromatic nitrogens is 3. The van der Waals surface area contributed by atoms with E-state index >= 15 is 0 Å². The molecule has 1 saturated carbocycles. The van der Waals surface area contributed by atoms with E-state index in [1.54, 1.807) is 0 Å². The van der Waals surface area contributed by atoms with Gasteiger partial charge in [0.2, 0.25) is 17.8 Å². The third-order valence-corrected chi connectivity index (χ3v) is 5.23. The molecule has 0 saturated heterocycles. The zero-order chi connectivity index (χ0) is 15.3. The lowest BCUT2D eigenvalue weighted by Crippen LogP contribution is -2.26. The van der Waals surface area contributed by atoms with E-state index in [2.05, 4.69) is 50.6 Å². The lowest BCUT2D eigenvalue weighted by atomic mass is 10.4. The van der Waals surface area contributed by atoms with Gasteiger partial charge in [-0.3, -0.25) is 0 Å². The van der Waals surface area contributed by atoms with Gasteiger partial charge in [-0.25, -0.2) is 0 Å². The van der Waals surface area contributed by atoms with Gasteiger partial charge in [0, 0.05) is 30.9 Å². The minimum Gasteiger partial charge on any atom is -0.354 e. The van der Waals surface area contributed by atoms with Crippen molar-refractivity contribution in [3.05, 3.63) is 0 Å². The summed E-state index contributed by atoms with van der Waals surface area (Å²) in [4.78, 5) is 15.7. The summed E-state index contributed by atoms with van der Waals surface area (Å²) in [6, 6.07) is 0. The molecule has 0 amide bonds. The Bertz CT molecular complexity index is 459. The summed E-state index contributed by atoms with van der Waals surface area (Å²) in [6.45, 7) is 9.76. The molecule has 1 aliphatic rings. The highest BCUT2D eigenvalue weighted by Crippen LogP contribution is 2.46. The second kappa shape index (κ2) is 7.15. The van der Waals surface area contributed by atoms with Crippen LogP contribution >= 0.6 is 11.8 Å². The van der Waals surface area contributed by atoms with Crippen molar-refractivity contribution in [3.63, 3.8) is 0 Å². The molecule has 0 radical (unpaired) electrons. The molecule has 0 bridgehead atoms. The molecule has 7 heteroatoms. The van der Waals surface area contributed by atoms with E-state index in [1.807, 2.05) is 18.7 Å². The SMILES string of the molecule is CCNc1nc(NCC2(SC)CC2)nc(N(CC)CC)n1. The van der Waals surface area contributed by atoms with Gasteiger partial charge in [-0.1, -0.05) is 0 Å². The molecule has 1 heterocycles. The minimum atomic E-state index is 0.389. The van der Waals surface area contributed by atoms with Gasteiger partial charge in [-0.05, 0) is 39.9 Å². The first-order valence-electron chi connectivity index (χ1n) is 7.70. The lowest BCUT2D eigenvalue weighted by Gasteiger charge is -2.20. The molecule has 6 nitrogen and oxygen atoms in total. The van der Waals surface area contributed by atoms with Crippen LogP contribution in [0.2, 0.25) is 0 Å². The van der Waals surface area contributed by atoms with Crippen molar-refractivity contribution >= 4 is 29.6 Å². The van der Waals surface area contributed by atoms with Gasteiger partial charge < -0.3 is 15.5 Å². The van der Waals surface area contributed by atoms with Gasteiger partial charge in [0.05, 0.1) is 0 Å². The monoisotopic (exact) mass is 310 g/mol. The van der Waals surface area contributed by atoms with Crippen LogP contribution in [0, 0.1) is 0 Å². The quantitative estimate of drug-likeness (QED) is 0.726. The van der Waals surface area contributed by atoms with E-state index in [-0.39, 0.29) is 0 Å². The largest absolute Gasteiger partial charge is 0.354 e. The van der Waals surface area contributed by atoms with Crippen LogP contribution in [0.4, 0.5) is 17.8 Å². The third kappa shape index (κ3) is 4.12. The maximum Gasteiger partial charge on any atom is 0.231 e. The molecule has 2 rings (SSSR count). The lowest BCUT2D eigenvalue weighted by molar-refractivity contribution is 0.809. The topological polar surface area (TPSA) is 66.0 Å². The summed E-state index contributed by atoms with van der Waals surface area (Å²) in [5, 5.41) is 6.57. The first kappa shape index (κ1) is 16.1. The summed E-state index contributed by atoms with van der Waals surface area (Å²) in [7, 11) is 0. The predicted molar refractivity (Wildman–Crippen MR) is 91.5 cm³/mol. The molecule has 2 N–H and O–H groups in total. The fourth-order valence-electron chi connectivity index (χ4n) is 2.16. The maximum atomic E-state index is 4.57. The fraction of sp³-hybridized carbons (Fsp3) is 0.786. The highest BCUT2D eigenvalue weighted by Gasteiger charge is 2.41. The first-order valence-corrected chi connectivity index (χ1v) is 8.92. The Morgan fingerprint density at radius 2 is 1.67 bits per heavy atom. The Hall–Kier alpha value is -1.24. The highest BCUT2D eigenvalue weighted by atomic mass is 32.2. The van der Waals surface area contributed by atoms with Crippen LogP contribution in [0.5, 0.6) is 0 Å². The zero-order valence-corrected chi connectivity index (χ0v) is 14.3. The average Bonchev–Trinajstić information content (AvgIpc) is 3.27. The third-order valence-electron chi connectivity index (χ3n) is 3.81. The summed E-state index contributed by atoms with van der Waals surface area (Å²) in [5.74, 6) is 2.05. The molecule has 0 spiro atoms. The van der Waals surface area contributed by atoms with Crippen LogP contribution in [0.15, 0.2) is 0 Å². The molecular weight excluding hydrogens is 284 g/mol. The van der Waals surface area contributed by atoms with Crippen molar-refractivity contribution in [1.82, 2.24) is 15.0 Å². The van der Waals surface area contributed by atoms with Gasteiger partial charge in [-0.15, -0.1) is 0 Å². The van der Waals surface area contributed by atoms with Gasteiger partial charge in [0.1, 0.15) is 0 Å². The highest BCUT2D eigenvalue weighted by molar-refractivity contribution is 8.00. The molecule has 1 aromatic heterocycles. The van der Waals surface area contributed by atoms with Crippen LogP contribution in [-0.4, -0.2) is 52.1 Å². The minimum absolute atomic E-state index is 0.389. The average molecular weight is 310 g/mol. The summed E-state index contributed by atoms with van der Waals surface area (Å²) in [5.41, 5.74) is 0. The zero-order valence-electron chi connectivity index (χ0n) is 13.4. The number of anilines is 3. The van der Waals surface area contributed by atoms with Crippen molar-refractivity contribution in [2.24, 2.45) is 0 Å². The number of thioether (sulfide) groups is 1. The molecule has 0 atom stereocenters. The molecule has 1 fully saturated rings. The Balaban J connectivity index is 2.14. The van der Waals surface area contributed by atoms with Crippen molar-refractivity contribution in [1.29, 1.82) is 0 Å². The molecular formula is C14H26N6S. The standard InChI is InChI=1S/C14H26N6S/c1-5-15-11-17-12(16-10-14(21-4)8-9-14)19-13(18-11)20(6-2)7-3/h5-10H2,1-4H3,(H2,15,16,17,18,19). The molecule has 0 aromatic carbocycles. The van der Waals surface area contributed by atoms with Crippen LogP contribution in [0.1, 0.15) is 33.6 Å². The van der Waals surface area contributed by atoms with Crippen molar-refractivity contribution in [3.8, 4) is 0 Å². The van der Waals surface area contributed by atoms with E-state index in [4.69, 9.17) is 0 Å². The summed E-state index contributed by atoms with van der Waals surface area (Å²) >= 11 is 1.93. The Kier molecular flexibility index (Phi) is 5.50. The molecule has 0 aliphatic heterocycles. The van der Waals surface area contributed by atoms with E-state index in [1.165, 1.54) is 12.8 Å². The molecule has 21 heavy (non-hydrogen) atoms. The first-order chi connectivity index (χ1) is 10.2. The van der Waals surface area contributed by atoms with E-state index in [9.17, 15) is 0 Å². The summed E-state index contributed by atoms with van der Waals surface area (Å²) < 4.78 is 0.389. The molecule has 118 valence electrons. The number of nitrogens with one attached hydrogen (secondary N) is 2. The number of nitrogens with zero attached hydrogens (tertiary/aromatic N) is 4. The van der Waals surface area contributed by atoms with Gasteiger partial charge >= 0.3 is 0 Å². The Labute approximate surface area is 131 Å². The molecule has 1 aromatic rings. The van der Waals surface area contributed by atoms with Crippen LogP contribution in [-0.2, 0) is 0 Å². The predicted octanol–water partition coefficient (Wildman–Crippen LogP) is 2.46. The van der Waals surface area contributed by atoms with Crippen molar-refractivity contribution < 1.29 is 0 Å². The Morgan fingerprint density at radius 1 is 1.05 bits per heavy atom. The van der Waals surface area contributed by atoms with Crippen LogP contribution < -0.4 is 15.5 Å². The second-order valence-corrected chi connectivity index (χ2v) is 6.50. The van der Waals surface area contributed by atoms with Crippen molar-refractivity contribution in [2.45, 2.75) is 38.4 Å². The fourth-order valence-corrected chi connectivity index (χ4v) is 2.89. The number of rotatable bonds is 9. The van der Waals surface area contributed by atoms with Gasteiger partial charge in [0.15, 0.2) is 0 Å². The van der Waals surface area contributed by atoms with E-state index in [0.29, 0.717) is 16.6 Å².